The molecule has 5 rings (SSSR count). The number of nitrogens with zero attached hydrogens (tertiary/aromatic N) is 2. The van der Waals surface area contributed by atoms with Gasteiger partial charge in [-0.2, -0.15) is 13.2 Å². The number of nitrogens with one attached hydrogen (secondary N) is 1. The maximum atomic E-state index is 13.7. The summed E-state index contributed by atoms with van der Waals surface area (Å²) in [6.45, 7) is 6.62. The summed E-state index contributed by atoms with van der Waals surface area (Å²) in [5, 5.41) is 1.91. The number of carbonyl (C=O) groups is 1. The van der Waals surface area contributed by atoms with E-state index in [1.165, 1.54) is 23.0 Å². The Bertz CT molecular complexity index is 1390. The predicted molar refractivity (Wildman–Crippen MR) is 128 cm³/mol. The molecule has 8 heteroatoms. The molecule has 1 amide bonds. The Labute approximate surface area is 199 Å². The average molecular weight is 484 g/mol. The van der Waals surface area contributed by atoms with E-state index in [9.17, 15) is 18.0 Å². The summed E-state index contributed by atoms with van der Waals surface area (Å²) in [4.78, 5) is 23.8. The van der Waals surface area contributed by atoms with E-state index >= 15 is 0 Å². The van der Waals surface area contributed by atoms with Gasteiger partial charge in [0.05, 0.1) is 22.7 Å². The molecule has 0 radical (unpaired) electrons. The molecule has 4 nitrogen and oxygen atoms in total. The number of imidazole rings is 1. The summed E-state index contributed by atoms with van der Waals surface area (Å²) < 4.78 is 40.5. The van der Waals surface area contributed by atoms with Crippen LogP contribution in [-0.2, 0) is 6.18 Å². The second-order valence-corrected chi connectivity index (χ2v) is 9.91. The van der Waals surface area contributed by atoms with Crippen LogP contribution in [0.25, 0.3) is 21.5 Å². The zero-order chi connectivity index (χ0) is 24.2. The summed E-state index contributed by atoms with van der Waals surface area (Å²) >= 11 is 1.51. The maximum Gasteiger partial charge on any atom is 0.418 e. The average Bonchev–Trinajstić information content (AvgIpc) is 3.51. The highest BCUT2D eigenvalue weighted by molar-refractivity contribution is 7.14. The number of aromatic amines is 1. The summed E-state index contributed by atoms with van der Waals surface area (Å²) in [5.74, 6) is 0.330. The molecule has 3 heterocycles. The molecule has 4 aromatic rings. The molecule has 0 spiro atoms. The third-order valence-electron chi connectivity index (χ3n) is 6.74. The third-order valence-corrected chi connectivity index (χ3v) is 7.71. The number of amides is 1. The number of hydrogen-bond donors (Lipinski definition) is 1. The number of hydrogen-bond acceptors (Lipinski definition) is 3. The van der Waals surface area contributed by atoms with Crippen LogP contribution in [0.3, 0.4) is 0 Å². The fraction of sp³-hybridized carbons (Fsp3) is 0.308. The number of para-hydroxylation sites is 1. The first kappa shape index (κ1) is 22.7. The molecule has 34 heavy (non-hydrogen) atoms. The van der Waals surface area contributed by atoms with Gasteiger partial charge in [0.2, 0.25) is 0 Å². The van der Waals surface area contributed by atoms with E-state index in [0.29, 0.717) is 23.4 Å². The number of carbonyl (C=O) groups excluding carboxylic acids is 1. The predicted octanol–water partition coefficient (Wildman–Crippen LogP) is 7.15. The van der Waals surface area contributed by atoms with Gasteiger partial charge in [0, 0.05) is 11.4 Å². The Morgan fingerprint density at radius 2 is 1.94 bits per heavy atom. The highest BCUT2D eigenvalue weighted by Gasteiger charge is 2.40. The van der Waals surface area contributed by atoms with E-state index in [-0.39, 0.29) is 17.3 Å². The molecule has 1 saturated heterocycles. The second kappa shape index (κ2) is 8.27. The van der Waals surface area contributed by atoms with Crippen molar-refractivity contribution in [1.29, 1.82) is 0 Å². The van der Waals surface area contributed by atoms with Gasteiger partial charge in [0.1, 0.15) is 11.3 Å². The van der Waals surface area contributed by atoms with E-state index in [1.54, 1.807) is 11.0 Å². The zero-order valence-corrected chi connectivity index (χ0v) is 19.8. The zero-order valence-electron chi connectivity index (χ0n) is 19.0. The van der Waals surface area contributed by atoms with Crippen molar-refractivity contribution in [1.82, 2.24) is 14.9 Å². The molecule has 2 atom stereocenters. The highest BCUT2D eigenvalue weighted by Crippen LogP contribution is 2.41. The van der Waals surface area contributed by atoms with Crippen LogP contribution in [0, 0.1) is 19.8 Å². The summed E-state index contributed by atoms with van der Waals surface area (Å²) in [7, 11) is 0. The lowest BCUT2D eigenvalue weighted by Gasteiger charge is -2.25. The van der Waals surface area contributed by atoms with Gasteiger partial charge in [-0.15, -0.1) is 11.3 Å². The van der Waals surface area contributed by atoms with Gasteiger partial charge in [-0.1, -0.05) is 31.2 Å². The van der Waals surface area contributed by atoms with Crippen molar-refractivity contribution < 1.29 is 18.0 Å². The molecule has 176 valence electrons. The van der Waals surface area contributed by atoms with Crippen molar-refractivity contribution in [3.8, 4) is 10.4 Å². The number of halogens is 3. The Balaban J connectivity index is 1.53. The van der Waals surface area contributed by atoms with Crippen LogP contribution in [0.2, 0.25) is 0 Å². The molecule has 0 bridgehead atoms. The largest absolute Gasteiger partial charge is 0.418 e. The number of fused-ring (bicyclic) bond motifs is 1. The minimum absolute atomic E-state index is 0.0579. The van der Waals surface area contributed by atoms with Gasteiger partial charge in [-0.25, -0.2) is 4.98 Å². The Morgan fingerprint density at radius 1 is 1.15 bits per heavy atom. The number of aryl methyl sites for hydroxylation is 2. The number of benzene rings is 2. The van der Waals surface area contributed by atoms with E-state index in [2.05, 4.69) is 16.0 Å². The molecule has 1 aliphatic heterocycles. The molecule has 1 aliphatic rings. The normalized spacial score (nSPS) is 18.7. The van der Waals surface area contributed by atoms with Gasteiger partial charge in [-0.05, 0) is 66.5 Å². The topological polar surface area (TPSA) is 49.0 Å². The minimum atomic E-state index is -4.50. The number of thiophene rings is 1. The lowest BCUT2D eigenvalue weighted by atomic mass is 10.0. The molecule has 2 aromatic heterocycles. The molecular weight excluding hydrogens is 459 g/mol. The number of likely N-dealkylation sites (tertiary alicyclic amines) is 1. The van der Waals surface area contributed by atoms with Gasteiger partial charge in [0.25, 0.3) is 5.91 Å². The Kier molecular flexibility index (Phi) is 5.51. The monoisotopic (exact) mass is 483 g/mol. The van der Waals surface area contributed by atoms with E-state index in [1.807, 2.05) is 44.4 Å². The smallest absolute Gasteiger partial charge is 0.340 e. The van der Waals surface area contributed by atoms with Gasteiger partial charge < -0.3 is 9.88 Å². The Hall–Kier alpha value is -3.13. The number of alkyl halides is 3. The number of aromatic nitrogens is 2. The van der Waals surface area contributed by atoms with Gasteiger partial charge in [0.15, 0.2) is 0 Å². The lowest BCUT2D eigenvalue weighted by molar-refractivity contribution is -0.136. The first-order chi connectivity index (χ1) is 16.1. The van der Waals surface area contributed by atoms with Crippen molar-refractivity contribution >= 4 is 28.3 Å². The summed E-state index contributed by atoms with van der Waals surface area (Å²) in [6.07, 6.45) is -3.75. The first-order valence-electron chi connectivity index (χ1n) is 11.2. The standard InChI is InChI=1S/C26H24F3N3OS/c1-14-7-8-17(13-16(14)3)23-18(10-12-34-23)25(33)32-11-9-15(2)22(32)24-30-20-6-4-5-19(21(20)31-24)26(27,28)29/h4-8,10,12-13,15,22H,9,11H2,1-3H3,(H,30,31)/t15-,22-/m0/s1. The molecule has 2 aromatic carbocycles. The first-order valence-corrected chi connectivity index (χ1v) is 12.0. The SMILES string of the molecule is Cc1ccc(-c2sccc2C(=O)N2CC[C@H](C)[C@H]2c2nc3c(C(F)(F)F)cccc3[nH]2)cc1C. The van der Waals surface area contributed by atoms with Crippen LogP contribution in [0.1, 0.15) is 52.3 Å². The lowest BCUT2D eigenvalue weighted by Crippen LogP contribution is -2.32. The fourth-order valence-electron chi connectivity index (χ4n) is 4.75. The van der Waals surface area contributed by atoms with Crippen molar-refractivity contribution in [3.05, 3.63) is 75.9 Å². The van der Waals surface area contributed by atoms with Crippen molar-refractivity contribution in [2.45, 2.75) is 39.4 Å². The molecule has 0 aliphatic carbocycles. The second-order valence-electron chi connectivity index (χ2n) is 8.99. The van der Waals surface area contributed by atoms with Crippen LogP contribution < -0.4 is 0 Å². The third kappa shape index (κ3) is 3.79. The number of rotatable bonds is 3. The molecule has 0 unspecified atom stereocenters. The van der Waals surface area contributed by atoms with E-state index in [4.69, 9.17) is 0 Å². The summed E-state index contributed by atoms with van der Waals surface area (Å²) in [5.41, 5.74) is 3.38. The van der Waals surface area contributed by atoms with Crippen LogP contribution in [0.15, 0.2) is 47.8 Å². The number of H-pyrrole nitrogens is 1. The molecule has 0 saturated carbocycles. The van der Waals surface area contributed by atoms with Crippen LogP contribution in [-0.4, -0.2) is 27.3 Å². The summed E-state index contributed by atoms with van der Waals surface area (Å²) in [6, 6.07) is 11.6. The van der Waals surface area contributed by atoms with Crippen LogP contribution in [0.5, 0.6) is 0 Å². The van der Waals surface area contributed by atoms with Gasteiger partial charge >= 0.3 is 6.18 Å². The van der Waals surface area contributed by atoms with Crippen LogP contribution >= 0.6 is 11.3 Å². The molecule has 1 N–H and O–H groups in total. The van der Waals surface area contributed by atoms with Crippen molar-refractivity contribution in [3.63, 3.8) is 0 Å². The fourth-order valence-corrected chi connectivity index (χ4v) is 5.64. The van der Waals surface area contributed by atoms with E-state index in [0.717, 1.165) is 28.5 Å². The highest BCUT2D eigenvalue weighted by atomic mass is 32.1. The van der Waals surface area contributed by atoms with Crippen LogP contribution in [0.4, 0.5) is 13.2 Å². The minimum Gasteiger partial charge on any atom is -0.340 e. The van der Waals surface area contributed by atoms with Crippen molar-refractivity contribution in [2.24, 2.45) is 5.92 Å². The Morgan fingerprint density at radius 3 is 2.68 bits per heavy atom. The van der Waals surface area contributed by atoms with Gasteiger partial charge in [-0.3, -0.25) is 4.79 Å². The quantitative estimate of drug-likeness (QED) is 0.336. The maximum absolute atomic E-state index is 13.7. The molecular formula is C26H24F3N3OS. The van der Waals surface area contributed by atoms with Crippen molar-refractivity contribution in [2.75, 3.05) is 6.54 Å². The van der Waals surface area contributed by atoms with E-state index < -0.39 is 17.8 Å². The molecule has 1 fully saturated rings.